The first-order valence-corrected chi connectivity index (χ1v) is 9.32. The number of rotatable bonds is 6. The van der Waals surface area contributed by atoms with Gasteiger partial charge in [0.2, 0.25) is 5.91 Å². The number of carbonyl (C=O) groups is 1. The molecule has 1 aliphatic rings. The Hall–Kier alpha value is -2.16. The highest BCUT2D eigenvalue weighted by Crippen LogP contribution is 2.26. The van der Waals surface area contributed by atoms with Gasteiger partial charge in [-0.25, -0.2) is 4.39 Å². The number of halogens is 1. The molecule has 25 heavy (non-hydrogen) atoms. The van der Waals surface area contributed by atoms with Gasteiger partial charge in [0, 0.05) is 6.42 Å². The summed E-state index contributed by atoms with van der Waals surface area (Å²) in [5, 5.41) is 3.12. The number of amides is 1. The Labute approximate surface area is 149 Å². The van der Waals surface area contributed by atoms with E-state index in [1.165, 1.54) is 42.0 Å². The van der Waals surface area contributed by atoms with Crippen LogP contribution in [0.3, 0.4) is 0 Å². The molecule has 2 aromatic rings. The van der Waals surface area contributed by atoms with Crippen LogP contribution in [0.15, 0.2) is 42.5 Å². The summed E-state index contributed by atoms with van der Waals surface area (Å²) in [5.41, 5.74) is 4.67. The van der Waals surface area contributed by atoms with Crippen LogP contribution in [0.1, 0.15) is 60.9 Å². The highest BCUT2D eigenvalue weighted by molar-refractivity contribution is 5.76. The second-order valence-corrected chi connectivity index (χ2v) is 6.86. The van der Waals surface area contributed by atoms with Crippen molar-refractivity contribution >= 4 is 5.91 Å². The molecule has 0 spiro atoms. The van der Waals surface area contributed by atoms with E-state index in [4.69, 9.17) is 0 Å². The minimum atomic E-state index is -0.239. The van der Waals surface area contributed by atoms with E-state index >= 15 is 0 Å². The first kappa shape index (κ1) is 17.7. The Morgan fingerprint density at radius 3 is 2.64 bits per heavy atom. The number of nitrogens with one attached hydrogen (secondary N) is 1. The molecule has 3 heteroatoms. The van der Waals surface area contributed by atoms with Crippen LogP contribution < -0.4 is 5.32 Å². The predicted octanol–water partition coefficient (Wildman–Crippen LogP) is 4.90. The maximum absolute atomic E-state index is 13.7. The van der Waals surface area contributed by atoms with Gasteiger partial charge in [-0.15, -0.1) is 0 Å². The van der Waals surface area contributed by atoms with Crippen LogP contribution in [0.25, 0.3) is 0 Å². The summed E-state index contributed by atoms with van der Waals surface area (Å²) in [4.78, 5) is 12.3. The fraction of sp³-hybridized carbons (Fsp3) is 0.409. The average Bonchev–Trinajstić information content (AvgIpc) is 2.65. The fourth-order valence-corrected chi connectivity index (χ4v) is 3.61. The number of carbonyl (C=O) groups excluding carboxylic acids is 1. The van der Waals surface area contributed by atoms with Crippen LogP contribution >= 0.6 is 0 Å². The lowest BCUT2D eigenvalue weighted by Crippen LogP contribution is -2.28. The summed E-state index contributed by atoms with van der Waals surface area (Å²) in [6.45, 7) is 2.08. The largest absolute Gasteiger partial charge is 0.349 e. The van der Waals surface area contributed by atoms with Crippen LogP contribution in [-0.4, -0.2) is 5.91 Å². The molecule has 1 amide bonds. The molecule has 2 nitrogen and oxygen atoms in total. The minimum Gasteiger partial charge on any atom is -0.349 e. The lowest BCUT2D eigenvalue weighted by Gasteiger charge is -2.22. The van der Waals surface area contributed by atoms with Crippen LogP contribution in [0.4, 0.5) is 4.39 Å². The SMILES string of the molecule is CCC(NC(=O)CCc1ccccc1F)c1ccc2c(c1)CCCC2. The first-order valence-electron chi connectivity index (χ1n) is 9.32. The van der Waals surface area contributed by atoms with Gasteiger partial charge in [-0.2, -0.15) is 0 Å². The number of hydrogen-bond acceptors (Lipinski definition) is 1. The molecule has 1 N–H and O–H groups in total. The Morgan fingerprint density at radius 1 is 1.12 bits per heavy atom. The van der Waals surface area contributed by atoms with Gasteiger partial charge in [0.15, 0.2) is 0 Å². The van der Waals surface area contributed by atoms with Crippen molar-refractivity contribution in [3.8, 4) is 0 Å². The Kier molecular flexibility index (Phi) is 5.85. The van der Waals surface area contributed by atoms with E-state index in [2.05, 4.69) is 30.4 Å². The lowest BCUT2D eigenvalue weighted by atomic mass is 9.89. The Morgan fingerprint density at radius 2 is 1.88 bits per heavy atom. The molecule has 1 unspecified atom stereocenters. The van der Waals surface area contributed by atoms with E-state index in [1.807, 2.05) is 0 Å². The summed E-state index contributed by atoms with van der Waals surface area (Å²) in [5.74, 6) is -0.259. The maximum atomic E-state index is 13.7. The predicted molar refractivity (Wildman–Crippen MR) is 99.0 cm³/mol. The van der Waals surface area contributed by atoms with Gasteiger partial charge in [-0.1, -0.05) is 43.3 Å². The molecule has 0 fully saturated rings. The van der Waals surface area contributed by atoms with Gasteiger partial charge < -0.3 is 5.32 Å². The molecule has 0 radical (unpaired) electrons. The van der Waals surface area contributed by atoms with Gasteiger partial charge in [0.25, 0.3) is 0 Å². The molecule has 0 saturated heterocycles. The quantitative estimate of drug-likeness (QED) is 0.796. The van der Waals surface area contributed by atoms with E-state index < -0.39 is 0 Å². The summed E-state index contributed by atoms with van der Waals surface area (Å²) in [6, 6.07) is 13.3. The summed E-state index contributed by atoms with van der Waals surface area (Å²) < 4.78 is 13.7. The highest BCUT2D eigenvalue weighted by atomic mass is 19.1. The number of hydrogen-bond donors (Lipinski definition) is 1. The normalized spacial score (nSPS) is 14.6. The van der Waals surface area contributed by atoms with E-state index in [0.717, 1.165) is 12.8 Å². The zero-order valence-corrected chi connectivity index (χ0v) is 14.9. The van der Waals surface area contributed by atoms with Gasteiger partial charge in [0.1, 0.15) is 5.82 Å². The molecule has 3 rings (SSSR count). The van der Waals surface area contributed by atoms with Crippen molar-refractivity contribution in [2.75, 3.05) is 0 Å². The summed E-state index contributed by atoms with van der Waals surface area (Å²) in [7, 11) is 0. The second-order valence-electron chi connectivity index (χ2n) is 6.86. The van der Waals surface area contributed by atoms with Gasteiger partial charge >= 0.3 is 0 Å². The van der Waals surface area contributed by atoms with Gasteiger partial charge in [0.05, 0.1) is 6.04 Å². The molecular weight excluding hydrogens is 313 g/mol. The van der Waals surface area contributed by atoms with Crippen LogP contribution in [0.2, 0.25) is 0 Å². The lowest BCUT2D eigenvalue weighted by molar-refractivity contribution is -0.121. The number of aryl methyl sites for hydroxylation is 3. The molecule has 2 aromatic carbocycles. The maximum Gasteiger partial charge on any atom is 0.220 e. The number of benzene rings is 2. The molecular formula is C22H26FNO. The molecule has 0 aromatic heterocycles. The molecule has 0 heterocycles. The third kappa shape index (κ3) is 4.47. The first-order chi connectivity index (χ1) is 12.2. The van der Waals surface area contributed by atoms with Crippen molar-refractivity contribution in [3.63, 3.8) is 0 Å². The monoisotopic (exact) mass is 339 g/mol. The summed E-state index contributed by atoms with van der Waals surface area (Å²) in [6.07, 6.45) is 6.42. The molecule has 0 aliphatic heterocycles. The smallest absolute Gasteiger partial charge is 0.220 e. The average molecular weight is 339 g/mol. The van der Waals surface area contributed by atoms with Crippen LogP contribution in [0.5, 0.6) is 0 Å². The van der Waals surface area contributed by atoms with Crippen molar-refractivity contribution in [2.24, 2.45) is 0 Å². The van der Waals surface area contributed by atoms with E-state index in [0.29, 0.717) is 18.4 Å². The third-order valence-corrected chi connectivity index (χ3v) is 5.10. The minimum absolute atomic E-state index is 0.0205. The van der Waals surface area contributed by atoms with Crippen molar-refractivity contribution in [1.82, 2.24) is 5.32 Å². The van der Waals surface area contributed by atoms with Crippen LogP contribution in [-0.2, 0) is 24.1 Å². The fourth-order valence-electron chi connectivity index (χ4n) is 3.61. The van der Waals surface area contributed by atoms with Crippen molar-refractivity contribution in [3.05, 3.63) is 70.5 Å². The molecule has 1 aliphatic carbocycles. The third-order valence-electron chi connectivity index (χ3n) is 5.10. The number of fused-ring (bicyclic) bond motifs is 1. The molecule has 0 bridgehead atoms. The van der Waals surface area contributed by atoms with Crippen LogP contribution in [0, 0.1) is 5.82 Å². The van der Waals surface area contributed by atoms with E-state index in [9.17, 15) is 9.18 Å². The van der Waals surface area contributed by atoms with E-state index in [1.54, 1.807) is 18.2 Å². The van der Waals surface area contributed by atoms with Crippen molar-refractivity contribution < 1.29 is 9.18 Å². The van der Waals surface area contributed by atoms with E-state index in [-0.39, 0.29) is 17.8 Å². The molecule has 132 valence electrons. The van der Waals surface area contributed by atoms with Gasteiger partial charge in [-0.05, 0) is 66.8 Å². The Balaban J connectivity index is 1.61. The van der Waals surface area contributed by atoms with Crippen molar-refractivity contribution in [2.45, 2.75) is 57.9 Å². The second kappa shape index (κ2) is 8.28. The summed E-state index contributed by atoms with van der Waals surface area (Å²) >= 11 is 0. The highest BCUT2D eigenvalue weighted by Gasteiger charge is 2.16. The Bertz CT molecular complexity index is 741. The zero-order valence-electron chi connectivity index (χ0n) is 14.9. The standard InChI is InChI=1S/C22H26FNO/c1-2-21(19-12-11-16-7-3-4-9-18(16)15-19)24-22(25)14-13-17-8-5-6-10-20(17)23/h5-6,8,10-12,15,21H,2-4,7,9,13-14H2,1H3,(H,24,25). The molecule has 0 saturated carbocycles. The zero-order chi connectivity index (χ0) is 17.6. The van der Waals surface area contributed by atoms with Crippen molar-refractivity contribution in [1.29, 1.82) is 0 Å². The topological polar surface area (TPSA) is 29.1 Å². The van der Waals surface area contributed by atoms with Gasteiger partial charge in [-0.3, -0.25) is 4.79 Å². The molecule has 1 atom stereocenters.